The van der Waals surface area contributed by atoms with Crippen LogP contribution in [-0.4, -0.2) is 40.8 Å². The lowest BCUT2D eigenvalue weighted by molar-refractivity contribution is -0.117. The molecule has 7 nitrogen and oxygen atoms in total. The summed E-state index contributed by atoms with van der Waals surface area (Å²) < 4.78 is 13.0. The fourth-order valence-corrected chi connectivity index (χ4v) is 4.26. The number of Topliss-reactive ketones (excluding diaryl/α,β-unsaturated/α-hetero) is 1. The van der Waals surface area contributed by atoms with Crippen LogP contribution in [0.3, 0.4) is 0 Å². The highest BCUT2D eigenvalue weighted by molar-refractivity contribution is 6.22. The number of imide groups is 1. The van der Waals surface area contributed by atoms with E-state index in [1.54, 1.807) is 37.4 Å². The number of nitrogens with zero attached hydrogens (tertiary/aromatic N) is 2. The average Bonchev–Trinajstić information content (AvgIpc) is 3.39. The van der Waals surface area contributed by atoms with E-state index < -0.39 is 17.9 Å². The summed E-state index contributed by atoms with van der Waals surface area (Å²) in [4.78, 5) is 40.4. The number of ether oxygens (including phenoxy) is 2. The van der Waals surface area contributed by atoms with Crippen LogP contribution in [0.4, 0.5) is 0 Å². The van der Waals surface area contributed by atoms with Crippen LogP contribution >= 0.6 is 0 Å². The van der Waals surface area contributed by atoms with E-state index in [1.165, 1.54) is 11.8 Å². The van der Waals surface area contributed by atoms with Crippen molar-refractivity contribution >= 4 is 17.6 Å². The van der Waals surface area contributed by atoms with Crippen molar-refractivity contribution in [2.24, 2.45) is 0 Å². The van der Waals surface area contributed by atoms with Crippen LogP contribution in [0.1, 0.15) is 58.2 Å². The van der Waals surface area contributed by atoms with E-state index >= 15 is 0 Å². The summed E-state index contributed by atoms with van der Waals surface area (Å²) in [7, 11) is 1.54. The van der Waals surface area contributed by atoms with Crippen molar-refractivity contribution in [2.45, 2.75) is 32.9 Å². The lowest BCUT2D eigenvalue weighted by atomic mass is 9.99. The third-order valence-corrected chi connectivity index (χ3v) is 5.72. The number of carbonyl (C=O) groups is 3. The molecule has 0 aliphatic carbocycles. The molecule has 170 valence electrons. The van der Waals surface area contributed by atoms with Crippen LogP contribution in [-0.2, 0) is 11.3 Å². The Morgan fingerprint density at radius 3 is 2.42 bits per heavy atom. The van der Waals surface area contributed by atoms with E-state index in [4.69, 9.17) is 9.47 Å². The zero-order valence-corrected chi connectivity index (χ0v) is 18.9. The van der Waals surface area contributed by atoms with Crippen molar-refractivity contribution in [1.82, 2.24) is 9.47 Å². The Morgan fingerprint density at radius 1 is 1.00 bits per heavy atom. The van der Waals surface area contributed by atoms with E-state index in [1.807, 2.05) is 42.1 Å². The van der Waals surface area contributed by atoms with Gasteiger partial charge in [-0.2, -0.15) is 0 Å². The lowest BCUT2D eigenvalue weighted by Crippen LogP contribution is -2.35. The Hall–Kier alpha value is -3.87. The van der Waals surface area contributed by atoms with Gasteiger partial charge in [-0.05, 0) is 55.3 Å². The molecule has 1 aromatic heterocycles. The molecule has 1 unspecified atom stereocenters. The Morgan fingerprint density at radius 2 is 1.76 bits per heavy atom. The average molecular weight is 447 g/mol. The maximum atomic E-state index is 13.6. The first-order valence-electron chi connectivity index (χ1n) is 10.8. The number of aromatic nitrogens is 1. The Balaban J connectivity index is 1.76. The summed E-state index contributed by atoms with van der Waals surface area (Å²) in [6, 6.07) is 13.6. The number of ketones is 1. The molecule has 0 spiro atoms. The number of benzene rings is 2. The molecule has 2 heterocycles. The number of hydrogen-bond acceptors (Lipinski definition) is 5. The molecule has 7 heteroatoms. The van der Waals surface area contributed by atoms with Gasteiger partial charge in [-0.3, -0.25) is 19.3 Å². The molecule has 4 rings (SSSR count). The van der Waals surface area contributed by atoms with Crippen LogP contribution in [0.25, 0.3) is 0 Å². The number of fused-ring (bicyclic) bond motifs is 1. The largest absolute Gasteiger partial charge is 0.493 e. The normalized spacial score (nSPS) is 13.7. The Bertz CT molecular complexity index is 1200. The molecule has 0 radical (unpaired) electrons. The van der Waals surface area contributed by atoms with Gasteiger partial charge in [0.1, 0.15) is 5.78 Å². The van der Waals surface area contributed by atoms with Crippen molar-refractivity contribution in [1.29, 1.82) is 0 Å². The smallest absolute Gasteiger partial charge is 0.262 e. The van der Waals surface area contributed by atoms with Gasteiger partial charge in [0, 0.05) is 25.4 Å². The summed E-state index contributed by atoms with van der Waals surface area (Å²) in [5.41, 5.74) is 2.15. The highest BCUT2D eigenvalue weighted by Crippen LogP contribution is 2.38. The van der Waals surface area contributed by atoms with Crippen molar-refractivity contribution < 1.29 is 23.9 Å². The molecule has 0 saturated carbocycles. The maximum Gasteiger partial charge on any atom is 0.262 e. The Kier molecular flexibility index (Phi) is 6.31. The molecule has 0 fully saturated rings. The van der Waals surface area contributed by atoms with Crippen molar-refractivity contribution in [3.63, 3.8) is 0 Å². The topological polar surface area (TPSA) is 77.8 Å². The first kappa shape index (κ1) is 22.3. The van der Waals surface area contributed by atoms with Crippen LogP contribution in [0, 0.1) is 0 Å². The molecule has 3 aromatic rings. The zero-order valence-electron chi connectivity index (χ0n) is 18.9. The third-order valence-electron chi connectivity index (χ3n) is 5.72. The minimum Gasteiger partial charge on any atom is -0.493 e. The summed E-state index contributed by atoms with van der Waals surface area (Å²) in [6.07, 6.45) is 3.82. The van der Waals surface area contributed by atoms with E-state index in [2.05, 4.69) is 0 Å². The fraction of sp³-hybridized carbons (Fsp3) is 0.269. The molecular formula is C26H26N2O5. The van der Waals surface area contributed by atoms with Gasteiger partial charge >= 0.3 is 0 Å². The zero-order chi connectivity index (χ0) is 23.5. The molecule has 1 aliphatic heterocycles. The van der Waals surface area contributed by atoms with Gasteiger partial charge < -0.3 is 14.0 Å². The van der Waals surface area contributed by atoms with Gasteiger partial charge in [0.2, 0.25) is 0 Å². The quantitative estimate of drug-likeness (QED) is 0.459. The fourth-order valence-electron chi connectivity index (χ4n) is 4.26. The Labute approximate surface area is 192 Å². The molecule has 1 aliphatic rings. The molecule has 1 atom stereocenters. The van der Waals surface area contributed by atoms with Gasteiger partial charge in [-0.25, -0.2) is 0 Å². The first-order valence-corrected chi connectivity index (χ1v) is 10.8. The number of hydrogen-bond donors (Lipinski definition) is 0. The predicted octanol–water partition coefficient (Wildman–Crippen LogP) is 4.26. The summed E-state index contributed by atoms with van der Waals surface area (Å²) in [5.74, 6) is 0.120. The molecule has 33 heavy (non-hydrogen) atoms. The van der Waals surface area contributed by atoms with E-state index in [-0.39, 0.29) is 12.2 Å². The number of amides is 2. The van der Waals surface area contributed by atoms with E-state index in [9.17, 15) is 14.4 Å². The second-order valence-electron chi connectivity index (χ2n) is 7.94. The number of carbonyl (C=O) groups excluding carboxylic acids is 3. The molecular weight excluding hydrogens is 420 g/mol. The van der Waals surface area contributed by atoms with Crippen LogP contribution in [0.15, 0.2) is 60.9 Å². The lowest BCUT2D eigenvalue weighted by Gasteiger charge is -2.26. The molecule has 0 saturated heterocycles. The third kappa shape index (κ3) is 4.26. The molecule has 2 amide bonds. The highest BCUT2D eigenvalue weighted by Gasteiger charge is 2.42. The van der Waals surface area contributed by atoms with Crippen LogP contribution in [0.2, 0.25) is 0 Å². The van der Waals surface area contributed by atoms with Crippen molar-refractivity contribution in [3.05, 3.63) is 83.2 Å². The minimum atomic E-state index is -0.751. The van der Waals surface area contributed by atoms with Crippen molar-refractivity contribution in [2.75, 3.05) is 13.7 Å². The van der Waals surface area contributed by atoms with Gasteiger partial charge in [-0.1, -0.05) is 18.2 Å². The van der Waals surface area contributed by atoms with Gasteiger partial charge in [-0.15, -0.1) is 0 Å². The first-order chi connectivity index (χ1) is 15.9. The van der Waals surface area contributed by atoms with Gasteiger partial charge in [0.15, 0.2) is 11.5 Å². The van der Waals surface area contributed by atoms with Gasteiger partial charge in [0.25, 0.3) is 11.8 Å². The van der Waals surface area contributed by atoms with E-state index in [0.29, 0.717) is 41.3 Å². The standard InChI is InChI=1S/C26H26N2O5/c1-4-33-23-15-18(10-11-22(23)32-3)21(14-17(2)29)28-25(30)20-9-7-8-19(24(20)26(28)31)16-27-12-5-6-13-27/h5-13,15,21H,4,14,16H2,1-3H3. The van der Waals surface area contributed by atoms with Crippen LogP contribution < -0.4 is 9.47 Å². The summed E-state index contributed by atoms with van der Waals surface area (Å²) in [6.45, 7) is 4.20. The summed E-state index contributed by atoms with van der Waals surface area (Å²) >= 11 is 0. The number of methoxy groups -OCH3 is 1. The van der Waals surface area contributed by atoms with Gasteiger partial charge in [0.05, 0.1) is 30.9 Å². The van der Waals surface area contributed by atoms with Crippen LogP contribution in [0.5, 0.6) is 11.5 Å². The molecule has 2 aromatic carbocycles. The maximum absolute atomic E-state index is 13.6. The van der Waals surface area contributed by atoms with Crippen molar-refractivity contribution in [3.8, 4) is 11.5 Å². The van der Waals surface area contributed by atoms with E-state index in [0.717, 1.165) is 5.56 Å². The summed E-state index contributed by atoms with van der Waals surface area (Å²) in [5, 5.41) is 0. The molecule has 0 N–H and O–H groups in total. The second-order valence-corrected chi connectivity index (χ2v) is 7.94. The molecule has 0 bridgehead atoms. The predicted molar refractivity (Wildman–Crippen MR) is 123 cm³/mol. The number of rotatable bonds is 9. The minimum absolute atomic E-state index is 0.0102. The SMILES string of the molecule is CCOc1cc(C(CC(C)=O)N2C(=O)c3cccc(Cn4cccc4)c3C2=O)ccc1OC. The monoisotopic (exact) mass is 446 g/mol. The second kappa shape index (κ2) is 9.32. The highest BCUT2D eigenvalue weighted by atomic mass is 16.5.